The van der Waals surface area contributed by atoms with Crippen LogP contribution in [0.15, 0.2) is 95.7 Å². The molecule has 608 valence electrons. The highest BCUT2D eigenvalue weighted by atomic mass is 16.6. The van der Waals surface area contributed by atoms with Gasteiger partial charge in [-0.1, -0.05) is 150 Å². The van der Waals surface area contributed by atoms with Gasteiger partial charge in [0.25, 0.3) is 0 Å². The van der Waals surface area contributed by atoms with Crippen LogP contribution in [0.25, 0.3) is 0 Å². The molecule has 1 saturated heterocycles. The van der Waals surface area contributed by atoms with Crippen molar-refractivity contribution in [3.05, 3.63) is 95.7 Å². The van der Waals surface area contributed by atoms with Gasteiger partial charge >= 0.3 is 23.9 Å². The topological polar surface area (TPSA) is 443 Å². The second-order valence-electron chi connectivity index (χ2n) is 31.6. The van der Waals surface area contributed by atoms with Crippen molar-refractivity contribution in [2.75, 3.05) is 0 Å². The van der Waals surface area contributed by atoms with E-state index < -0.39 is 193 Å². The van der Waals surface area contributed by atoms with Crippen molar-refractivity contribution < 1.29 is 114 Å². The lowest BCUT2D eigenvalue weighted by atomic mass is 9.77. The van der Waals surface area contributed by atoms with Gasteiger partial charge in [0.1, 0.15) is 18.0 Å². The Bertz CT molecular complexity index is 3090. The highest BCUT2D eigenvalue weighted by molar-refractivity contribution is 5.95. The van der Waals surface area contributed by atoms with Crippen LogP contribution in [0.2, 0.25) is 0 Å². The quantitative estimate of drug-likeness (QED) is 0.0219. The number of esters is 2. The number of carboxylic acid groups (broad SMARTS) is 2. The lowest BCUT2D eigenvalue weighted by Crippen LogP contribution is -2.59. The molecule has 0 saturated carbocycles. The maximum atomic E-state index is 14.6. The predicted octanol–water partition coefficient (Wildman–Crippen LogP) is 6.75. The number of ether oxygens (including phenoxy) is 3. The summed E-state index contributed by atoms with van der Waals surface area (Å²) < 4.78 is 18.2. The highest BCUT2D eigenvalue weighted by Crippen LogP contribution is 2.34. The lowest BCUT2D eigenvalue weighted by molar-refractivity contribution is -0.175. The first kappa shape index (κ1) is 96.5. The van der Waals surface area contributed by atoms with Crippen LogP contribution < -0.4 is 16.0 Å². The second-order valence-corrected chi connectivity index (χ2v) is 31.6. The number of carboxylic acids is 2. The molecule has 15 N–H and O–H groups in total. The fourth-order valence-electron chi connectivity index (χ4n) is 13.5. The van der Waals surface area contributed by atoms with Gasteiger partial charge in [-0.3, -0.25) is 24.0 Å². The number of aliphatic hydroxyl groups is 10. The Balaban J connectivity index is 2.69. The maximum Gasteiger partial charge on any atom is 0.335 e. The smallest absolute Gasteiger partial charge is 0.335 e. The number of aliphatic hydroxyl groups excluding tert-OH is 10. The molecule has 3 amide bonds. The number of cyclic esters (lactones) is 1. The average Bonchev–Trinajstić information content (AvgIpc) is 0.838. The van der Waals surface area contributed by atoms with E-state index in [2.05, 4.69) is 22.9 Å². The Morgan fingerprint density at radius 3 is 1.90 bits per heavy atom. The van der Waals surface area contributed by atoms with Gasteiger partial charge in [-0.05, 0) is 146 Å². The molecule has 0 aromatic rings. The first-order chi connectivity index (χ1) is 49.7. The summed E-state index contributed by atoms with van der Waals surface area (Å²) in [6, 6.07) is -4.96. The zero-order valence-corrected chi connectivity index (χ0v) is 66.2. The summed E-state index contributed by atoms with van der Waals surface area (Å²) in [5, 5.41) is 141. The molecule has 26 nitrogen and oxygen atoms in total. The Morgan fingerprint density at radius 1 is 0.720 bits per heavy atom. The standard InChI is InChI=1S/C81H131N3O23/c1-43(2)36-59(82-65(90)34-35-81(17,18)76(98)55(15)69(92)44(3)4)73(96)51(11)40-49(9)70(93)46(6)30-32-60(86)53(13)77(99)84-67(56(16)85)75-54(14)63(106-66(91)42-62(88)78(100)101)33-31-47(7)71(94)48(8)39-50(10)72(95)52(12)61(87)41-58-38-45(5)37-57(105-58)28-26-24-22-20-19-21-23-25-27-29-64(89)83-68(80(104)107-75)74(97)79(102)103/h20,22-27,29,31,34-35,39-40,43-46,48,51-63,67-75,85-88,92-97H,19,21,28,30,32-33,36-38,41-42H2,1-18H3,(H,82,90)(H,83,89)(H,84,99)(H,100,101)(H,102,103)/b22-20+,25-23+,26-24+,29-27+,35-34+,47-31+,49-40+,50-39+/t45-,46-,48-,51+,52+,53-,54-,55-,56+,57-,58+,59+,60+,61+,62-,63+,67-,68+,69-,70-,71-,72+,73-,74-,75+/m1/s1. The summed E-state index contributed by atoms with van der Waals surface area (Å²) in [6.45, 7) is 30.0. The Kier molecular flexibility index (Phi) is 42.2. The van der Waals surface area contributed by atoms with Crippen molar-refractivity contribution in [3.8, 4) is 0 Å². The number of allylic oxidation sites excluding steroid dienone is 7. The van der Waals surface area contributed by atoms with Gasteiger partial charge in [0, 0.05) is 47.5 Å². The Hall–Kier alpha value is -6.56. The van der Waals surface area contributed by atoms with Gasteiger partial charge in [0.05, 0.1) is 85.5 Å². The van der Waals surface area contributed by atoms with Gasteiger partial charge < -0.3 is 91.4 Å². The normalized spacial score (nSPS) is 30.2. The number of aliphatic carboxylic acids is 2. The van der Waals surface area contributed by atoms with E-state index in [1.807, 2.05) is 52.0 Å². The molecule has 0 aromatic heterocycles. The van der Waals surface area contributed by atoms with E-state index in [0.29, 0.717) is 42.7 Å². The Labute approximate surface area is 633 Å². The van der Waals surface area contributed by atoms with Crippen LogP contribution in [0.5, 0.6) is 0 Å². The molecule has 0 radical (unpaired) electrons. The molecule has 25 atom stereocenters. The predicted molar refractivity (Wildman–Crippen MR) is 405 cm³/mol. The summed E-state index contributed by atoms with van der Waals surface area (Å²) in [6.07, 6.45) is 4.38. The molecule has 2 aliphatic heterocycles. The minimum atomic E-state index is -2.69. The SMILES string of the molecule is C/C1=C\C[C@H](OC(=O)C[C@@H](O)C(=O)O)[C@@H](C)[C@@H]([C@H](NC(=O)[C@H](C)[C@@H](O)CC[C@@H](C)[C@@H](O)/C(C)=C/[C@H](C)[C@@H](O)[C@H](CC(C)C)NC(=O)/C=C/C(C)(C)C(=O)[C@H](C)[C@H](O)C(C)C)[C@H](C)O)OC(=O)[C@H]([C@@H](O)C(=O)O)NC(=O)/C=C/C=C/CC/C=C/C=C/C[C@@H]2C[C@@H](C)C[C@@H](C[C@H](O)[C@H](C)[C@@H](O)/C(C)=C/[C@@H](C)[C@@H]1O)O2. The molecular formula is C81H131N3O23. The molecule has 0 aliphatic carbocycles. The summed E-state index contributed by atoms with van der Waals surface area (Å²) in [5.74, 6) is -15.5. The van der Waals surface area contributed by atoms with Crippen LogP contribution in [0, 0.1) is 64.6 Å². The number of nitrogens with one attached hydrogen (secondary N) is 3. The third-order valence-corrected chi connectivity index (χ3v) is 20.7. The zero-order chi connectivity index (χ0) is 81.7. The number of amides is 3. The Morgan fingerprint density at radius 2 is 1.32 bits per heavy atom. The molecule has 0 aromatic carbocycles. The largest absolute Gasteiger partial charge is 0.479 e. The van der Waals surface area contributed by atoms with Crippen molar-refractivity contribution in [3.63, 3.8) is 0 Å². The van der Waals surface area contributed by atoms with Crippen molar-refractivity contribution in [2.45, 2.75) is 299 Å². The molecule has 2 rings (SSSR count). The molecular weight excluding hydrogens is 1380 g/mol. The van der Waals surface area contributed by atoms with Crippen LogP contribution in [0.3, 0.4) is 0 Å². The van der Waals surface area contributed by atoms with Crippen LogP contribution in [-0.2, 0) is 52.6 Å². The molecule has 2 aliphatic rings. The van der Waals surface area contributed by atoms with Crippen LogP contribution in [0.4, 0.5) is 0 Å². The second kappa shape index (κ2) is 46.8. The van der Waals surface area contributed by atoms with E-state index in [4.69, 9.17) is 14.2 Å². The molecule has 0 spiro atoms. The van der Waals surface area contributed by atoms with Crippen molar-refractivity contribution >= 4 is 47.4 Å². The molecule has 1 fully saturated rings. The fourth-order valence-corrected chi connectivity index (χ4v) is 13.5. The van der Waals surface area contributed by atoms with E-state index in [0.717, 1.165) is 18.9 Å². The minimum Gasteiger partial charge on any atom is -0.479 e. The summed E-state index contributed by atoms with van der Waals surface area (Å²) >= 11 is 0. The molecule has 107 heavy (non-hydrogen) atoms. The summed E-state index contributed by atoms with van der Waals surface area (Å²) in [4.78, 5) is 107. The maximum absolute atomic E-state index is 14.6. The number of rotatable bonds is 28. The molecule has 0 unspecified atom stereocenters. The summed E-state index contributed by atoms with van der Waals surface area (Å²) in [7, 11) is 0. The molecule has 2 bridgehead atoms. The summed E-state index contributed by atoms with van der Waals surface area (Å²) in [5.41, 5.74) is 0.0251. The van der Waals surface area contributed by atoms with Crippen LogP contribution >= 0.6 is 0 Å². The third-order valence-electron chi connectivity index (χ3n) is 20.7. The number of hydrogen-bond donors (Lipinski definition) is 15. The molecule has 26 heteroatoms. The van der Waals surface area contributed by atoms with Crippen molar-refractivity contribution in [2.24, 2.45) is 64.6 Å². The van der Waals surface area contributed by atoms with Gasteiger partial charge in [-0.15, -0.1) is 0 Å². The monoisotopic (exact) mass is 1510 g/mol. The zero-order valence-electron chi connectivity index (χ0n) is 66.2. The van der Waals surface area contributed by atoms with Gasteiger partial charge in [0.2, 0.25) is 17.7 Å². The first-order valence-corrected chi connectivity index (χ1v) is 37.9. The first-order valence-electron chi connectivity index (χ1n) is 37.9. The van der Waals surface area contributed by atoms with E-state index in [1.165, 1.54) is 58.1 Å². The van der Waals surface area contributed by atoms with Gasteiger partial charge in [-0.2, -0.15) is 0 Å². The average molecular weight is 1510 g/mol. The fraction of sp³-hybridized carbons (Fsp3) is 0.704. The van der Waals surface area contributed by atoms with Gasteiger partial charge in [-0.25, -0.2) is 14.4 Å². The highest BCUT2D eigenvalue weighted by Gasteiger charge is 2.45. The van der Waals surface area contributed by atoms with Gasteiger partial charge in [0.15, 0.2) is 18.2 Å². The lowest BCUT2D eigenvalue weighted by Gasteiger charge is -2.38. The van der Waals surface area contributed by atoms with E-state index in [-0.39, 0.29) is 54.7 Å². The van der Waals surface area contributed by atoms with Crippen molar-refractivity contribution in [1.29, 1.82) is 0 Å². The number of carbonyl (C=O) groups excluding carboxylic acids is 6. The van der Waals surface area contributed by atoms with E-state index in [9.17, 15) is 99.6 Å². The number of carbonyl (C=O) groups is 8. The number of hydrogen-bond acceptors (Lipinski definition) is 21. The van der Waals surface area contributed by atoms with E-state index in [1.54, 1.807) is 80.5 Å². The minimum absolute atomic E-state index is 0.0235. The number of Topliss-reactive ketones (excluding diaryl/α,β-unsaturated/α-hetero) is 1. The van der Waals surface area contributed by atoms with Crippen LogP contribution in [-0.4, -0.2) is 212 Å². The number of ketones is 1. The van der Waals surface area contributed by atoms with Crippen molar-refractivity contribution in [1.82, 2.24) is 16.0 Å². The van der Waals surface area contributed by atoms with Crippen LogP contribution in [0.1, 0.15) is 195 Å². The van der Waals surface area contributed by atoms with E-state index >= 15 is 0 Å². The number of fused-ring (bicyclic) bond motifs is 2. The molecule has 2 heterocycles. The third kappa shape index (κ3) is 32.9.